The summed E-state index contributed by atoms with van der Waals surface area (Å²) in [6.07, 6.45) is 1.92. The number of fused-ring (bicyclic) bond motifs is 4. The van der Waals surface area contributed by atoms with Crippen molar-refractivity contribution in [3.63, 3.8) is 0 Å². The van der Waals surface area contributed by atoms with Crippen LogP contribution in [-0.2, 0) is 21.5 Å². The summed E-state index contributed by atoms with van der Waals surface area (Å²) in [7, 11) is 1.55. The minimum absolute atomic E-state index is 0.0274. The highest BCUT2D eigenvalue weighted by atomic mass is 35.5. The molecule has 2 amide bonds. The van der Waals surface area contributed by atoms with E-state index >= 15 is 4.79 Å². The molecule has 52 heavy (non-hydrogen) atoms. The molecule has 5 aromatic rings. The molecule has 0 radical (unpaired) electrons. The molecule has 3 aliphatic rings. The first-order chi connectivity index (χ1) is 25.0. The van der Waals surface area contributed by atoms with Gasteiger partial charge in [-0.05, 0) is 90.6 Å². The average molecular weight is 739 g/mol. The van der Waals surface area contributed by atoms with Gasteiger partial charge in [0, 0.05) is 10.9 Å². The summed E-state index contributed by atoms with van der Waals surface area (Å²) < 4.78 is 9.42. The van der Waals surface area contributed by atoms with E-state index in [9.17, 15) is 19.5 Å². The van der Waals surface area contributed by atoms with Gasteiger partial charge in [0.15, 0.2) is 0 Å². The van der Waals surface area contributed by atoms with E-state index in [1.54, 1.807) is 87.7 Å². The highest BCUT2D eigenvalue weighted by Crippen LogP contribution is 2.62. The predicted octanol–water partition coefficient (Wildman–Crippen LogP) is 6.06. The molecule has 11 nitrogen and oxygen atoms in total. The molecule has 0 unspecified atom stereocenters. The van der Waals surface area contributed by atoms with Gasteiger partial charge in [-0.2, -0.15) is 5.01 Å². The van der Waals surface area contributed by atoms with Crippen LogP contribution in [0.5, 0.6) is 11.5 Å². The van der Waals surface area contributed by atoms with Crippen LogP contribution in [-0.4, -0.2) is 43.0 Å². The number of imide groups is 1. The fraction of sp³-hybridized carbons (Fsp3) is 0.231. The first-order valence-corrected chi connectivity index (χ1v) is 17.5. The Morgan fingerprint density at radius 3 is 2.23 bits per heavy atom. The second-order valence-electron chi connectivity index (χ2n) is 13.4. The quantitative estimate of drug-likeness (QED) is 0.160. The van der Waals surface area contributed by atoms with Crippen LogP contribution in [0.3, 0.4) is 0 Å². The van der Waals surface area contributed by atoms with Gasteiger partial charge in [-0.1, -0.05) is 71.7 Å². The molecule has 1 saturated heterocycles. The monoisotopic (exact) mass is 737 g/mol. The summed E-state index contributed by atoms with van der Waals surface area (Å²) in [5.41, 5.74) is 4.20. The average Bonchev–Trinajstić information content (AvgIpc) is 3.52. The maximum absolute atomic E-state index is 15.4. The summed E-state index contributed by atoms with van der Waals surface area (Å²) >= 11 is 12.7. The number of halogens is 2. The van der Waals surface area contributed by atoms with E-state index in [4.69, 9.17) is 27.9 Å². The SMILES string of the molecule is COc1ccc([C@@]23C(=O)N(Nc4ccc(Cl)cc4Cl)C(=O)[C@@H]2C[C@@H]2C(=CCn4c(=O)n(-c5ccccc5)c(=O)n42)[C@@H]3c2cc(C)c(O)c(C)c2)cc1. The minimum Gasteiger partial charge on any atom is -0.507 e. The number of nitrogens with one attached hydrogen (secondary N) is 1. The number of hydrogen-bond acceptors (Lipinski definition) is 7. The van der Waals surface area contributed by atoms with Gasteiger partial charge in [-0.25, -0.2) is 23.5 Å². The normalized spacial score (nSPS) is 22.1. The van der Waals surface area contributed by atoms with Gasteiger partial charge in [-0.3, -0.25) is 15.0 Å². The number of nitrogens with zero attached hydrogens (tertiary/aromatic N) is 4. The van der Waals surface area contributed by atoms with E-state index in [1.165, 1.54) is 15.4 Å². The lowest BCUT2D eigenvalue weighted by atomic mass is 9.53. The molecular formula is C39H33Cl2N5O6. The molecule has 0 bridgehead atoms. The maximum atomic E-state index is 15.4. The molecule has 2 N–H and O–H groups in total. The number of aromatic hydroxyl groups is 1. The van der Waals surface area contributed by atoms with Crippen molar-refractivity contribution in [1.29, 1.82) is 0 Å². The van der Waals surface area contributed by atoms with Gasteiger partial charge in [-0.15, -0.1) is 0 Å². The number of rotatable bonds is 6. The molecule has 3 heterocycles. The number of aryl methyl sites for hydroxylation is 2. The maximum Gasteiger partial charge on any atom is 0.352 e. The van der Waals surface area contributed by atoms with Crippen molar-refractivity contribution in [2.45, 2.75) is 44.2 Å². The van der Waals surface area contributed by atoms with Crippen LogP contribution in [0.4, 0.5) is 5.69 Å². The zero-order valence-corrected chi connectivity index (χ0v) is 29.9. The van der Waals surface area contributed by atoms with E-state index in [0.29, 0.717) is 50.0 Å². The van der Waals surface area contributed by atoms with Gasteiger partial charge in [0.2, 0.25) is 0 Å². The number of hydrazine groups is 1. The van der Waals surface area contributed by atoms with Crippen molar-refractivity contribution in [2.75, 3.05) is 12.5 Å². The number of benzene rings is 4. The molecular weight excluding hydrogens is 705 g/mol. The molecule has 4 atom stereocenters. The summed E-state index contributed by atoms with van der Waals surface area (Å²) in [6, 6.07) is 23.3. The largest absolute Gasteiger partial charge is 0.507 e. The molecule has 1 aliphatic carbocycles. The Balaban J connectivity index is 1.40. The van der Waals surface area contributed by atoms with E-state index in [0.717, 1.165) is 9.58 Å². The number of methoxy groups -OCH3 is 1. The van der Waals surface area contributed by atoms with Gasteiger partial charge in [0.05, 0.1) is 47.4 Å². The number of hydrogen-bond donors (Lipinski definition) is 2. The summed E-state index contributed by atoms with van der Waals surface area (Å²) in [5, 5.41) is 12.5. The Morgan fingerprint density at radius 2 is 1.58 bits per heavy atom. The van der Waals surface area contributed by atoms with Gasteiger partial charge in [0.1, 0.15) is 11.5 Å². The molecule has 2 aliphatic heterocycles. The Morgan fingerprint density at radius 1 is 0.885 bits per heavy atom. The lowest BCUT2D eigenvalue weighted by molar-refractivity contribution is -0.138. The Bertz CT molecular complexity index is 2430. The number of carbonyl (C=O) groups excluding carboxylic acids is 2. The third kappa shape index (κ3) is 4.79. The van der Waals surface area contributed by atoms with Crippen molar-refractivity contribution in [1.82, 2.24) is 18.9 Å². The molecule has 8 rings (SSSR count). The first kappa shape index (κ1) is 33.6. The zero-order chi connectivity index (χ0) is 36.6. The first-order valence-electron chi connectivity index (χ1n) is 16.7. The predicted molar refractivity (Wildman–Crippen MR) is 196 cm³/mol. The van der Waals surface area contributed by atoms with E-state index in [1.807, 2.05) is 18.2 Å². The van der Waals surface area contributed by atoms with Crippen LogP contribution in [0.25, 0.3) is 5.69 Å². The Hall–Kier alpha value is -5.52. The van der Waals surface area contributed by atoms with Gasteiger partial charge in [0.25, 0.3) is 11.8 Å². The number of anilines is 1. The molecule has 13 heteroatoms. The van der Waals surface area contributed by atoms with Crippen LogP contribution >= 0.6 is 23.2 Å². The van der Waals surface area contributed by atoms with Crippen molar-refractivity contribution < 1.29 is 19.4 Å². The lowest BCUT2D eigenvalue weighted by Crippen LogP contribution is -2.53. The van der Waals surface area contributed by atoms with Gasteiger partial charge >= 0.3 is 11.4 Å². The topological polar surface area (TPSA) is 128 Å². The van der Waals surface area contributed by atoms with E-state index < -0.39 is 46.5 Å². The number of ether oxygens (including phenoxy) is 1. The highest BCUT2D eigenvalue weighted by molar-refractivity contribution is 6.36. The third-order valence-electron chi connectivity index (χ3n) is 10.7. The standard InChI is InChI=1S/C39H33Cl2N5O6/c1-21-17-23(18-22(2)34(21)47)33-28-15-16-43-37(50)44(26-7-5-4-6-8-26)38(51)46(43)32(28)20-29-35(48)45(42-31-14-11-25(40)19-30(31)41)36(49)39(29,33)24-9-12-27(52-3)13-10-24/h4-15,17-19,29,32-33,42,47H,16,20H2,1-3H3/t29-,32+,33-,39+/m0/s1. The smallest absolute Gasteiger partial charge is 0.352 e. The molecule has 4 aromatic carbocycles. The molecule has 264 valence electrons. The molecule has 1 saturated carbocycles. The Labute approximate surface area is 307 Å². The van der Waals surface area contributed by atoms with Crippen molar-refractivity contribution in [3.05, 3.63) is 150 Å². The minimum atomic E-state index is -1.54. The summed E-state index contributed by atoms with van der Waals surface area (Å²) in [6.45, 7) is 3.61. The summed E-state index contributed by atoms with van der Waals surface area (Å²) in [5.74, 6) is -2.22. The Kier molecular flexibility index (Phi) is 7.96. The summed E-state index contributed by atoms with van der Waals surface area (Å²) in [4.78, 5) is 58.5. The second-order valence-corrected chi connectivity index (χ2v) is 14.3. The number of phenolic OH excluding ortho intramolecular Hbond substituents is 1. The van der Waals surface area contributed by atoms with Crippen molar-refractivity contribution in [3.8, 4) is 17.2 Å². The third-order valence-corrected chi connectivity index (χ3v) is 11.3. The fourth-order valence-corrected chi connectivity index (χ4v) is 8.88. The highest BCUT2D eigenvalue weighted by Gasteiger charge is 2.69. The van der Waals surface area contributed by atoms with E-state index in [2.05, 4.69) is 5.43 Å². The fourth-order valence-electron chi connectivity index (χ4n) is 8.43. The molecule has 0 spiro atoms. The lowest BCUT2D eigenvalue weighted by Gasteiger charge is -2.49. The number of aromatic nitrogens is 3. The van der Waals surface area contributed by atoms with Gasteiger partial charge < -0.3 is 9.84 Å². The van der Waals surface area contributed by atoms with Crippen molar-refractivity contribution in [2.24, 2.45) is 5.92 Å². The number of amides is 2. The molecule has 2 fully saturated rings. The number of allylic oxidation sites excluding steroid dienone is 2. The zero-order valence-electron chi connectivity index (χ0n) is 28.3. The van der Waals surface area contributed by atoms with Crippen LogP contribution < -0.4 is 21.5 Å². The van der Waals surface area contributed by atoms with Crippen LogP contribution in [0.15, 0.2) is 106 Å². The number of phenols is 1. The molecule has 1 aromatic heterocycles. The van der Waals surface area contributed by atoms with Crippen LogP contribution in [0, 0.1) is 19.8 Å². The number of carbonyl (C=O) groups is 2. The van der Waals surface area contributed by atoms with Crippen molar-refractivity contribution >= 4 is 40.7 Å². The van der Waals surface area contributed by atoms with E-state index in [-0.39, 0.29) is 23.7 Å². The number of para-hydroxylation sites is 1. The van der Waals surface area contributed by atoms with Crippen LogP contribution in [0.1, 0.15) is 40.6 Å². The second kappa shape index (κ2) is 12.3. The van der Waals surface area contributed by atoms with Crippen LogP contribution in [0.2, 0.25) is 10.0 Å².